The molecule has 180 valence electrons. The number of benzene rings is 1. The second-order valence-electron chi connectivity index (χ2n) is 7.92. The van der Waals surface area contributed by atoms with E-state index in [0.717, 1.165) is 11.3 Å². The Labute approximate surface area is 210 Å². The highest BCUT2D eigenvalue weighted by atomic mass is 32.1. The molecule has 10 heteroatoms. The van der Waals surface area contributed by atoms with Gasteiger partial charge < -0.3 is 9.84 Å². The Balaban J connectivity index is 1.94. The molecule has 0 radical (unpaired) electrons. The van der Waals surface area contributed by atoms with Crippen LogP contribution in [0.15, 0.2) is 48.3 Å². The Morgan fingerprint density at radius 2 is 1.83 bits per heavy atom. The molecule has 1 amide bonds. The lowest BCUT2D eigenvalue weighted by molar-refractivity contribution is -0.117. The van der Waals surface area contributed by atoms with Gasteiger partial charge in [-0.25, -0.2) is 9.97 Å². The zero-order chi connectivity index (χ0) is 25.4. The van der Waals surface area contributed by atoms with E-state index in [-0.39, 0.29) is 23.1 Å². The van der Waals surface area contributed by atoms with Crippen molar-refractivity contribution in [3.05, 3.63) is 80.0 Å². The monoisotopic (exact) mass is 509 g/mol. The molecule has 0 saturated carbocycles. The number of para-hydroxylation sites is 1. The molecule has 0 saturated heterocycles. The number of hydrogen-bond acceptors (Lipinski definition) is 9. The third-order valence-corrected chi connectivity index (χ3v) is 7.77. The van der Waals surface area contributed by atoms with Gasteiger partial charge in [-0.15, -0.1) is 11.3 Å². The van der Waals surface area contributed by atoms with Crippen molar-refractivity contribution in [2.24, 2.45) is 0 Å². The van der Waals surface area contributed by atoms with Crippen molar-refractivity contribution in [3.8, 4) is 5.75 Å². The molecule has 1 aliphatic rings. The Hall–Kier alpha value is -3.63. The number of ketones is 2. The fourth-order valence-corrected chi connectivity index (χ4v) is 5.85. The van der Waals surface area contributed by atoms with E-state index < -0.39 is 23.5 Å². The van der Waals surface area contributed by atoms with E-state index >= 15 is 0 Å². The molecule has 0 fully saturated rings. The summed E-state index contributed by atoms with van der Waals surface area (Å²) >= 11 is 2.24. The van der Waals surface area contributed by atoms with Crippen LogP contribution in [0.25, 0.3) is 0 Å². The number of amides is 1. The van der Waals surface area contributed by atoms with Gasteiger partial charge in [0.1, 0.15) is 18.4 Å². The minimum atomic E-state index is -1.02. The lowest BCUT2D eigenvalue weighted by atomic mass is 9.94. The van der Waals surface area contributed by atoms with E-state index in [0.29, 0.717) is 37.5 Å². The van der Waals surface area contributed by atoms with Gasteiger partial charge >= 0.3 is 0 Å². The summed E-state index contributed by atoms with van der Waals surface area (Å²) in [6.45, 7) is 10.5. The highest BCUT2D eigenvalue weighted by Gasteiger charge is 2.47. The zero-order valence-electron chi connectivity index (χ0n) is 19.6. The number of anilines is 1. The van der Waals surface area contributed by atoms with Crippen LogP contribution in [0, 0.1) is 20.8 Å². The van der Waals surface area contributed by atoms with Crippen LogP contribution in [0.5, 0.6) is 5.75 Å². The quantitative estimate of drug-likeness (QED) is 0.333. The van der Waals surface area contributed by atoms with Gasteiger partial charge in [-0.2, -0.15) is 0 Å². The number of carbonyl (C=O) groups is 3. The summed E-state index contributed by atoms with van der Waals surface area (Å²) in [5.74, 6) is -1.70. The third-order valence-electron chi connectivity index (χ3n) is 5.44. The molecule has 2 aromatic heterocycles. The van der Waals surface area contributed by atoms with Gasteiger partial charge in [-0.05, 0) is 26.8 Å². The summed E-state index contributed by atoms with van der Waals surface area (Å²) in [7, 11) is 0. The molecule has 0 bridgehead atoms. The van der Waals surface area contributed by atoms with Gasteiger partial charge in [0, 0.05) is 12.5 Å². The van der Waals surface area contributed by atoms with E-state index in [9.17, 15) is 19.5 Å². The first-order valence-electron chi connectivity index (χ1n) is 10.7. The summed E-state index contributed by atoms with van der Waals surface area (Å²) < 4.78 is 5.83. The van der Waals surface area contributed by atoms with Gasteiger partial charge in [0.2, 0.25) is 5.78 Å². The highest BCUT2D eigenvalue weighted by molar-refractivity contribution is 7.18. The topological polar surface area (TPSA) is 110 Å². The second kappa shape index (κ2) is 9.55. The molecule has 3 aromatic rings. The normalized spacial score (nSPS) is 15.6. The number of aryl methyl sites for hydroxylation is 3. The molecule has 1 atom stereocenters. The van der Waals surface area contributed by atoms with E-state index in [1.807, 2.05) is 0 Å². The number of Topliss-reactive ketones (excluding diaryl/α,β-unsaturated/α-hetero) is 2. The molecule has 1 aliphatic heterocycles. The highest BCUT2D eigenvalue weighted by Crippen LogP contribution is 2.46. The first kappa shape index (κ1) is 24.5. The average Bonchev–Trinajstić information content (AvgIpc) is 3.45. The van der Waals surface area contributed by atoms with Crippen LogP contribution in [0.2, 0.25) is 0 Å². The number of ether oxygens (including phenoxy) is 1. The van der Waals surface area contributed by atoms with Gasteiger partial charge in [0.15, 0.2) is 16.7 Å². The molecule has 3 heterocycles. The number of rotatable bonds is 8. The minimum absolute atomic E-state index is 0.0892. The third kappa shape index (κ3) is 4.30. The van der Waals surface area contributed by atoms with Crippen molar-refractivity contribution >= 4 is 45.3 Å². The maximum atomic E-state index is 13.7. The van der Waals surface area contributed by atoms with Crippen molar-refractivity contribution in [1.82, 2.24) is 9.97 Å². The molecule has 35 heavy (non-hydrogen) atoms. The number of aliphatic hydroxyl groups excluding tert-OH is 1. The van der Waals surface area contributed by atoms with Crippen LogP contribution in [0.4, 0.5) is 5.13 Å². The Morgan fingerprint density at radius 1 is 1.14 bits per heavy atom. The SMILES string of the molecule is C=CCOc1ccccc1C1C(C(=O)c2sc(C)nc2C)=C(O)C(=O)N1c1nc(C)c(C(C)=O)s1. The van der Waals surface area contributed by atoms with Crippen LogP contribution in [0.1, 0.15) is 54.3 Å². The van der Waals surface area contributed by atoms with Crippen molar-refractivity contribution in [1.29, 1.82) is 0 Å². The number of aromatic nitrogens is 2. The Bertz CT molecular complexity index is 1400. The minimum Gasteiger partial charge on any atom is -0.503 e. The molecule has 8 nitrogen and oxygen atoms in total. The van der Waals surface area contributed by atoms with Crippen LogP contribution in [0.3, 0.4) is 0 Å². The van der Waals surface area contributed by atoms with Crippen molar-refractivity contribution in [3.63, 3.8) is 0 Å². The molecule has 4 rings (SSSR count). The molecular formula is C25H23N3O5S2. The van der Waals surface area contributed by atoms with Crippen molar-refractivity contribution < 1.29 is 24.2 Å². The van der Waals surface area contributed by atoms with Gasteiger partial charge in [0.05, 0.1) is 31.7 Å². The summed E-state index contributed by atoms with van der Waals surface area (Å²) in [6, 6.07) is 5.95. The van der Waals surface area contributed by atoms with Crippen molar-refractivity contribution in [2.75, 3.05) is 11.5 Å². The predicted octanol–water partition coefficient (Wildman–Crippen LogP) is 5.08. The summed E-state index contributed by atoms with van der Waals surface area (Å²) in [6.07, 6.45) is 1.58. The molecule has 1 unspecified atom stereocenters. The number of carbonyl (C=O) groups excluding carboxylic acids is 3. The largest absolute Gasteiger partial charge is 0.503 e. The van der Waals surface area contributed by atoms with Crippen LogP contribution >= 0.6 is 22.7 Å². The first-order chi connectivity index (χ1) is 16.6. The fourth-order valence-electron chi connectivity index (χ4n) is 3.99. The molecule has 0 spiro atoms. The lowest BCUT2D eigenvalue weighted by Crippen LogP contribution is -2.31. The standard InChI is InChI=1S/C25H23N3O5S2/c1-6-11-33-17-10-8-7-9-16(17)19-18(20(30)23-13(3)26-15(5)34-23)21(31)24(32)28(19)25-27-12(2)22(35-25)14(4)29/h6-10,19,31H,1,11H2,2-5H3. The lowest BCUT2D eigenvalue weighted by Gasteiger charge is -2.26. The second-order valence-corrected chi connectivity index (χ2v) is 10.1. The molecular weight excluding hydrogens is 486 g/mol. The van der Waals surface area contributed by atoms with Crippen molar-refractivity contribution in [2.45, 2.75) is 33.7 Å². The maximum Gasteiger partial charge on any atom is 0.296 e. The van der Waals surface area contributed by atoms with E-state index in [1.165, 1.54) is 23.2 Å². The van der Waals surface area contributed by atoms with Gasteiger partial charge in [-0.1, -0.05) is 42.2 Å². The zero-order valence-corrected chi connectivity index (χ0v) is 21.2. The van der Waals surface area contributed by atoms with E-state index in [2.05, 4.69) is 16.5 Å². The fraction of sp³-hybridized carbons (Fsp3) is 0.240. The van der Waals surface area contributed by atoms with Gasteiger partial charge in [-0.3, -0.25) is 19.3 Å². The molecule has 1 N–H and O–H groups in total. The van der Waals surface area contributed by atoms with Crippen LogP contribution in [-0.2, 0) is 4.79 Å². The maximum absolute atomic E-state index is 13.7. The number of nitrogens with zero attached hydrogens (tertiary/aromatic N) is 3. The van der Waals surface area contributed by atoms with Gasteiger partial charge in [0.25, 0.3) is 5.91 Å². The first-order valence-corrected chi connectivity index (χ1v) is 12.3. The Kier molecular flexibility index (Phi) is 6.68. The summed E-state index contributed by atoms with van der Waals surface area (Å²) in [5.41, 5.74) is 1.39. The molecule has 0 aliphatic carbocycles. The smallest absolute Gasteiger partial charge is 0.296 e. The van der Waals surface area contributed by atoms with E-state index in [4.69, 9.17) is 4.74 Å². The Morgan fingerprint density at radius 3 is 2.43 bits per heavy atom. The number of thiazole rings is 2. The number of hydrogen-bond donors (Lipinski definition) is 1. The average molecular weight is 510 g/mol. The molecule has 1 aromatic carbocycles. The summed E-state index contributed by atoms with van der Waals surface area (Å²) in [4.78, 5) is 50.0. The van der Waals surface area contributed by atoms with E-state index in [1.54, 1.807) is 51.1 Å². The van der Waals surface area contributed by atoms with Crippen LogP contribution in [-0.4, -0.2) is 39.2 Å². The number of aliphatic hydroxyl groups is 1. The van der Waals surface area contributed by atoms with Crippen LogP contribution < -0.4 is 9.64 Å². The predicted molar refractivity (Wildman–Crippen MR) is 135 cm³/mol. The summed E-state index contributed by atoms with van der Waals surface area (Å²) in [5, 5.41) is 11.9.